The number of aromatic nitrogens is 3. The van der Waals surface area contributed by atoms with Gasteiger partial charge in [0, 0.05) is 0 Å². The fraction of sp³-hybridized carbons (Fsp3) is 0.182. The van der Waals surface area contributed by atoms with Crippen molar-refractivity contribution in [1.82, 2.24) is 14.5 Å². The first kappa shape index (κ1) is 13.2. The van der Waals surface area contributed by atoms with Crippen molar-refractivity contribution < 1.29 is 9.53 Å². The Morgan fingerprint density at radius 1 is 1.42 bits per heavy atom. The molecule has 0 saturated carbocycles. The zero-order valence-electron chi connectivity index (χ0n) is 10.1. The van der Waals surface area contributed by atoms with Gasteiger partial charge in [-0.1, -0.05) is 42.1 Å². The number of rotatable bonds is 3. The maximum Gasteiger partial charge on any atom is 0.439 e. The van der Waals surface area contributed by atoms with Gasteiger partial charge in [-0.25, -0.2) is 9.59 Å². The van der Waals surface area contributed by atoms with Crippen LogP contribution in [0.5, 0.6) is 0 Å². The number of thioether (sulfide) groups is 1. The number of hydrogen-bond donors (Lipinski definition) is 1. The normalized spacial score (nSPS) is 10.4. The van der Waals surface area contributed by atoms with Gasteiger partial charge < -0.3 is 10.6 Å². The van der Waals surface area contributed by atoms with Gasteiger partial charge in [0.25, 0.3) is 0 Å². The van der Waals surface area contributed by atoms with Gasteiger partial charge in [-0.3, -0.25) is 0 Å². The molecule has 0 unspecified atom stereocenters. The van der Waals surface area contributed by atoms with Gasteiger partial charge in [0.1, 0.15) is 6.61 Å². The van der Waals surface area contributed by atoms with E-state index in [1.54, 1.807) is 6.26 Å². The fourth-order valence-electron chi connectivity index (χ4n) is 1.40. The zero-order valence-corrected chi connectivity index (χ0v) is 11.0. The molecule has 0 bridgehead atoms. The first-order chi connectivity index (χ1) is 9.13. The second-order valence-electron chi connectivity index (χ2n) is 3.59. The number of ether oxygens (including phenoxy) is 1. The third-order valence-corrected chi connectivity index (χ3v) is 2.98. The van der Waals surface area contributed by atoms with Gasteiger partial charge in [-0.2, -0.15) is 4.68 Å². The van der Waals surface area contributed by atoms with E-state index in [0.29, 0.717) is 4.68 Å². The Balaban J connectivity index is 2.11. The van der Waals surface area contributed by atoms with E-state index in [4.69, 9.17) is 10.6 Å². The van der Waals surface area contributed by atoms with Crippen LogP contribution in [0.4, 0.5) is 4.79 Å². The van der Waals surface area contributed by atoms with Crippen molar-refractivity contribution in [3.63, 3.8) is 0 Å². The lowest BCUT2D eigenvalue weighted by molar-refractivity contribution is 0.136. The highest BCUT2D eigenvalue weighted by Crippen LogP contribution is 2.06. The van der Waals surface area contributed by atoms with Crippen LogP contribution in [0.25, 0.3) is 0 Å². The van der Waals surface area contributed by atoms with Crippen LogP contribution in [0.1, 0.15) is 5.56 Å². The quantitative estimate of drug-likeness (QED) is 0.656. The zero-order chi connectivity index (χ0) is 13.8. The van der Waals surface area contributed by atoms with E-state index in [2.05, 4.69) is 5.10 Å². The summed E-state index contributed by atoms with van der Waals surface area (Å²) in [6.07, 6.45) is 0.846. The smallest absolute Gasteiger partial charge is 0.439 e. The summed E-state index contributed by atoms with van der Waals surface area (Å²) in [4.78, 5) is 23.3. The molecule has 0 aliphatic heterocycles. The lowest BCUT2D eigenvalue weighted by atomic mass is 10.2. The molecule has 0 amide bonds. The molecule has 7 nitrogen and oxygen atoms in total. The van der Waals surface area contributed by atoms with E-state index in [-0.39, 0.29) is 11.8 Å². The van der Waals surface area contributed by atoms with Crippen molar-refractivity contribution in [2.75, 3.05) is 12.1 Å². The van der Waals surface area contributed by atoms with Gasteiger partial charge in [-0.15, -0.1) is 9.78 Å². The topological polar surface area (TPSA) is 92.1 Å². The maximum atomic E-state index is 11.7. The second-order valence-corrected chi connectivity index (χ2v) is 4.36. The summed E-state index contributed by atoms with van der Waals surface area (Å²) in [6, 6.07) is 9.14. The standard InChI is InChI=1S/C11H12N4O3S/c1-19-9-13-15(10(16)14(9)12)11(17)18-7-8-5-3-2-4-6-8/h2-6H,7,12H2,1H3. The molecule has 0 aliphatic rings. The molecule has 0 aliphatic carbocycles. The molecule has 0 atom stereocenters. The van der Waals surface area contributed by atoms with Gasteiger partial charge in [0.05, 0.1) is 0 Å². The first-order valence-corrected chi connectivity index (χ1v) is 6.58. The Labute approximate surface area is 112 Å². The Morgan fingerprint density at radius 2 is 2.11 bits per heavy atom. The van der Waals surface area contributed by atoms with Crippen molar-refractivity contribution >= 4 is 17.9 Å². The van der Waals surface area contributed by atoms with Crippen molar-refractivity contribution in [3.8, 4) is 0 Å². The predicted octanol–water partition coefficient (Wildman–Crippen LogP) is 0.665. The monoisotopic (exact) mass is 280 g/mol. The van der Waals surface area contributed by atoms with Crippen molar-refractivity contribution in [1.29, 1.82) is 0 Å². The van der Waals surface area contributed by atoms with Crippen molar-refractivity contribution in [3.05, 3.63) is 46.4 Å². The lowest BCUT2D eigenvalue weighted by Crippen LogP contribution is -2.33. The third-order valence-electron chi connectivity index (χ3n) is 2.34. The molecule has 100 valence electrons. The third kappa shape index (κ3) is 2.79. The van der Waals surface area contributed by atoms with E-state index < -0.39 is 11.8 Å². The molecule has 19 heavy (non-hydrogen) atoms. The van der Waals surface area contributed by atoms with Crippen LogP contribution in [0.2, 0.25) is 0 Å². The van der Waals surface area contributed by atoms with E-state index in [1.165, 1.54) is 0 Å². The molecule has 0 radical (unpaired) electrons. The Bertz CT molecular complexity index is 635. The minimum atomic E-state index is -0.853. The summed E-state index contributed by atoms with van der Waals surface area (Å²) < 4.78 is 6.40. The summed E-state index contributed by atoms with van der Waals surface area (Å²) in [5.74, 6) is 5.45. The minimum Gasteiger partial charge on any atom is -0.443 e. The summed E-state index contributed by atoms with van der Waals surface area (Å²) in [5.41, 5.74) is 0.0866. The average Bonchev–Trinajstić information content (AvgIpc) is 2.73. The first-order valence-electron chi connectivity index (χ1n) is 5.35. The van der Waals surface area contributed by atoms with Gasteiger partial charge >= 0.3 is 11.8 Å². The van der Waals surface area contributed by atoms with Crippen molar-refractivity contribution in [2.45, 2.75) is 11.8 Å². The highest BCUT2D eigenvalue weighted by atomic mass is 32.2. The maximum absolute atomic E-state index is 11.7. The molecule has 0 fully saturated rings. The van der Waals surface area contributed by atoms with Crippen LogP contribution in [-0.2, 0) is 11.3 Å². The van der Waals surface area contributed by atoms with Crippen LogP contribution in [0.15, 0.2) is 40.3 Å². The Kier molecular flexibility index (Phi) is 3.91. The molecule has 8 heteroatoms. The second kappa shape index (κ2) is 5.61. The highest BCUT2D eigenvalue weighted by Gasteiger charge is 2.17. The molecule has 1 heterocycles. The Morgan fingerprint density at radius 3 is 2.68 bits per heavy atom. The summed E-state index contributed by atoms with van der Waals surface area (Å²) >= 11 is 1.16. The molecule has 2 rings (SSSR count). The lowest BCUT2D eigenvalue weighted by Gasteiger charge is -2.02. The highest BCUT2D eigenvalue weighted by molar-refractivity contribution is 7.98. The molecular weight excluding hydrogens is 268 g/mol. The molecular formula is C11H12N4O3S. The van der Waals surface area contributed by atoms with Crippen LogP contribution < -0.4 is 11.5 Å². The van der Waals surface area contributed by atoms with E-state index in [1.807, 2.05) is 30.3 Å². The molecule has 1 aromatic heterocycles. The van der Waals surface area contributed by atoms with Gasteiger partial charge in [-0.05, 0) is 11.8 Å². The van der Waals surface area contributed by atoms with Crippen molar-refractivity contribution in [2.24, 2.45) is 0 Å². The fourth-order valence-corrected chi connectivity index (χ4v) is 1.84. The molecule has 2 aromatic rings. The number of nitrogens with two attached hydrogens (primary N) is 1. The molecule has 0 saturated heterocycles. The number of hydrogen-bond acceptors (Lipinski definition) is 6. The van der Waals surface area contributed by atoms with Crippen LogP contribution >= 0.6 is 11.8 Å². The summed E-state index contributed by atoms with van der Waals surface area (Å²) in [7, 11) is 0. The average molecular weight is 280 g/mol. The van der Waals surface area contributed by atoms with Gasteiger partial charge in [0.15, 0.2) is 0 Å². The van der Waals surface area contributed by atoms with Crippen LogP contribution in [0.3, 0.4) is 0 Å². The van der Waals surface area contributed by atoms with E-state index in [0.717, 1.165) is 22.0 Å². The summed E-state index contributed by atoms with van der Waals surface area (Å²) in [5, 5.41) is 4.01. The van der Waals surface area contributed by atoms with Crippen LogP contribution in [0, 0.1) is 0 Å². The number of carbonyl (C=O) groups excluding carboxylic acids is 1. The molecule has 1 aromatic carbocycles. The number of benzene rings is 1. The number of nitrogens with zero attached hydrogens (tertiary/aromatic N) is 3. The van der Waals surface area contributed by atoms with E-state index >= 15 is 0 Å². The van der Waals surface area contributed by atoms with Crippen LogP contribution in [-0.4, -0.2) is 26.8 Å². The number of nitrogen functional groups attached to an aromatic ring is 1. The van der Waals surface area contributed by atoms with Gasteiger partial charge in [0.2, 0.25) is 5.16 Å². The number of carbonyl (C=O) groups is 1. The minimum absolute atomic E-state index is 0.0676. The van der Waals surface area contributed by atoms with E-state index in [9.17, 15) is 9.59 Å². The predicted molar refractivity (Wildman–Crippen MR) is 70.4 cm³/mol. The largest absolute Gasteiger partial charge is 0.443 e. The SMILES string of the molecule is CSc1nn(C(=O)OCc2ccccc2)c(=O)n1N. The molecule has 2 N–H and O–H groups in total. The molecule has 0 spiro atoms. The summed E-state index contributed by atoms with van der Waals surface area (Å²) in [6.45, 7) is 0.0676. The Hall–Kier alpha value is -2.22.